The van der Waals surface area contributed by atoms with E-state index in [0.29, 0.717) is 5.69 Å². The van der Waals surface area contributed by atoms with Gasteiger partial charge in [-0.05, 0) is 36.2 Å². The van der Waals surface area contributed by atoms with Gasteiger partial charge in [-0.25, -0.2) is 9.79 Å². The van der Waals surface area contributed by atoms with Gasteiger partial charge in [-0.1, -0.05) is 53.8 Å². The van der Waals surface area contributed by atoms with Crippen molar-refractivity contribution in [1.29, 1.82) is 0 Å². The van der Waals surface area contributed by atoms with E-state index >= 15 is 0 Å². The first-order chi connectivity index (χ1) is 10.6. The third-order valence-corrected chi connectivity index (χ3v) is 4.82. The van der Waals surface area contributed by atoms with Crippen LogP contribution in [0.2, 0.25) is 0 Å². The molecule has 0 fully saturated rings. The molecule has 1 atom stereocenters. The molecule has 1 aliphatic heterocycles. The highest BCUT2D eigenvalue weighted by Crippen LogP contribution is 2.41. The van der Waals surface area contributed by atoms with Crippen molar-refractivity contribution in [2.75, 3.05) is 4.90 Å². The van der Waals surface area contributed by atoms with Gasteiger partial charge in [0.25, 0.3) is 0 Å². The van der Waals surface area contributed by atoms with Gasteiger partial charge in [-0.15, -0.1) is 0 Å². The van der Waals surface area contributed by atoms with E-state index < -0.39 is 5.97 Å². The number of aryl methyl sites for hydroxylation is 1. The highest BCUT2D eigenvalue weighted by Gasteiger charge is 2.32. The lowest BCUT2D eigenvalue weighted by atomic mass is 10.1. The second kappa shape index (κ2) is 6.08. The number of aliphatic imine (C=N–C) groups is 1. The number of rotatable bonds is 3. The maximum absolute atomic E-state index is 11.5. The quantitative estimate of drug-likeness (QED) is 0.469. The zero-order valence-corrected chi connectivity index (χ0v) is 14.2. The third-order valence-electron chi connectivity index (χ3n) is 3.68. The highest BCUT2D eigenvalue weighted by atomic mass is 127. The van der Waals surface area contributed by atoms with Crippen molar-refractivity contribution in [1.82, 2.24) is 0 Å². The summed E-state index contributed by atoms with van der Waals surface area (Å²) in [6.45, 7) is 2.11. The van der Waals surface area contributed by atoms with E-state index in [2.05, 4.69) is 46.6 Å². The molecule has 0 radical (unpaired) electrons. The van der Waals surface area contributed by atoms with Gasteiger partial charge in [-0.3, -0.25) is 0 Å². The number of benzene rings is 2. The lowest BCUT2D eigenvalue weighted by molar-refractivity contribution is -0.129. The molecule has 1 aliphatic rings. The van der Waals surface area contributed by atoms with Gasteiger partial charge in [-0.2, -0.15) is 0 Å². The van der Waals surface area contributed by atoms with Crippen LogP contribution in [0.1, 0.15) is 12.5 Å². The number of aliphatic carboxylic acids is 1. The van der Waals surface area contributed by atoms with Crippen LogP contribution in [0, 0.1) is 0 Å². The number of para-hydroxylation sites is 2. The maximum atomic E-state index is 11.5. The molecular weight excluding hydrogens is 391 g/mol. The Balaban J connectivity index is 2.12. The molecule has 0 bridgehead atoms. The van der Waals surface area contributed by atoms with Crippen molar-refractivity contribution < 1.29 is 9.90 Å². The van der Waals surface area contributed by atoms with Crippen LogP contribution in [0.25, 0.3) is 0 Å². The molecule has 0 amide bonds. The molecule has 5 heteroatoms. The summed E-state index contributed by atoms with van der Waals surface area (Å²) in [4.78, 5) is 17.8. The van der Waals surface area contributed by atoms with Gasteiger partial charge in [0.05, 0.1) is 11.4 Å². The molecule has 1 unspecified atom stereocenters. The topological polar surface area (TPSA) is 52.9 Å². The lowest BCUT2D eigenvalue weighted by Crippen LogP contribution is -2.39. The van der Waals surface area contributed by atoms with Crippen molar-refractivity contribution in [3.8, 4) is 0 Å². The van der Waals surface area contributed by atoms with Crippen LogP contribution < -0.4 is 4.90 Å². The van der Waals surface area contributed by atoms with E-state index in [-0.39, 0.29) is 9.76 Å². The lowest BCUT2D eigenvalue weighted by Gasteiger charge is -2.34. The average Bonchev–Trinajstić information content (AvgIpc) is 2.54. The Hall–Kier alpha value is -1.89. The second-order valence-corrected chi connectivity index (χ2v) is 6.20. The molecule has 3 rings (SSSR count). The number of alkyl halides is 1. The molecule has 0 saturated heterocycles. The molecule has 2 aromatic carbocycles. The predicted molar refractivity (Wildman–Crippen MR) is 96.9 cm³/mol. The Morgan fingerprint density at radius 2 is 1.91 bits per heavy atom. The van der Waals surface area contributed by atoms with E-state index in [1.54, 1.807) is 0 Å². The summed E-state index contributed by atoms with van der Waals surface area (Å²) < 4.78 is -0.350. The number of hydrogen-bond donors (Lipinski definition) is 1. The van der Waals surface area contributed by atoms with Gasteiger partial charge in [0.2, 0.25) is 0 Å². The Bertz CT molecular complexity index is 741. The summed E-state index contributed by atoms with van der Waals surface area (Å²) in [7, 11) is 0. The number of hydrogen-bond acceptors (Lipinski definition) is 3. The Kier molecular flexibility index (Phi) is 4.15. The van der Waals surface area contributed by atoms with Gasteiger partial charge in [0.15, 0.2) is 5.71 Å². The SMILES string of the molecule is CCc1ccc(N2c3ccccc3N=C(C(=O)O)C2I)cc1. The van der Waals surface area contributed by atoms with E-state index in [1.165, 1.54) is 5.56 Å². The molecule has 4 nitrogen and oxygen atoms in total. The number of anilines is 2. The van der Waals surface area contributed by atoms with Crippen molar-refractivity contribution in [2.24, 2.45) is 4.99 Å². The molecule has 22 heavy (non-hydrogen) atoms. The van der Waals surface area contributed by atoms with Crippen molar-refractivity contribution in [3.63, 3.8) is 0 Å². The van der Waals surface area contributed by atoms with Crippen molar-refractivity contribution in [2.45, 2.75) is 17.4 Å². The monoisotopic (exact) mass is 406 g/mol. The number of carboxylic acid groups (broad SMARTS) is 1. The molecule has 1 N–H and O–H groups in total. The number of halogens is 1. The van der Waals surface area contributed by atoms with Gasteiger partial charge in [0.1, 0.15) is 4.05 Å². The van der Waals surface area contributed by atoms with Crippen LogP contribution in [0.5, 0.6) is 0 Å². The van der Waals surface area contributed by atoms with Crippen molar-refractivity contribution in [3.05, 3.63) is 54.1 Å². The van der Waals surface area contributed by atoms with Crippen LogP contribution in [0.15, 0.2) is 53.5 Å². The summed E-state index contributed by atoms with van der Waals surface area (Å²) in [5.41, 5.74) is 3.99. The van der Waals surface area contributed by atoms with Gasteiger partial charge < -0.3 is 10.0 Å². The maximum Gasteiger partial charge on any atom is 0.353 e. The second-order valence-electron chi connectivity index (χ2n) is 5.02. The normalized spacial score (nSPS) is 16.9. The Morgan fingerprint density at radius 3 is 2.55 bits per heavy atom. The van der Waals surface area contributed by atoms with Crippen LogP contribution in [0.4, 0.5) is 17.1 Å². The first kappa shape index (κ1) is 15.0. The average molecular weight is 406 g/mol. The smallest absolute Gasteiger partial charge is 0.353 e. The van der Waals surface area contributed by atoms with Crippen LogP contribution >= 0.6 is 22.6 Å². The fraction of sp³-hybridized carbons (Fsp3) is 0.176. The molecule has 112 valence electrons. The first-order valence-corrected chi connectivity index (χ1v) is 8.29. The molecule has 0 aromatic heterocycles. The van der Waals surface area contributed by atoms with Gasteiger partial charge >= 0.3 is 5.97 Å². The number of nitrogens with zero attached hydrogens (tertiary/aromatic N) is 2. The predicted octanol–water partition coefficient (Wildman–Crippen LogP) is 4.32. The highest BCUT2D eigenvalue weighted by molar-refractivity contribution is 14.1. The molecule has 1 heterocycles. The molecule has 0 aliphatic carbocycles. The van der Waals surface area contributed by atoms with Crippen molar-refractivity contribution >= 4 is 51.3 Å². The van der Waals surface area contributed by atoms with Crippen LogP contribution in [0.3, 0.4) is 0 Å². The molecule has 0 saturated carbocycles. The van der Waals surface area contributed by atoms with Crippen LogP contribution in [-0.4, -0.2) is 20.8 Å². The Labute approximate surface area is 142 Å². The fourth-order valence-electron chi connectivity index (χ4n) is 2.50. The number of carboxylic acids is 1. The minimum absolute atomic E-state index is 0.152. The molecule has 0 spiro atoms. The third kappa shape index (κ3) is 2.61. The van der Waals surface area contributed by atoms with Gasteiger partial charge in [0, 0.05) is 5.69 Å². The van der Waals surface area contributed by atoms with Crippen LogP contribution in [-0.2, 0) is 11.2 Å². The Morgan fingerprint density at radius 1 is 1.23 bits per heavy atom. The van der Waals surface area contributed by atoms with E-state index in [0.717, 1.165) is 17.8 Å². The first-order valence-electron chi connectivity index (χ1n) is 7.05. The summed E-state index contributed by atoms with van der Waals surface area (Å²) in [5.74, 6) is -0.982. The van der Waals surface area contributed by atoms with E-state index in [9.17, 15) is 9.90 Å². The number of carbonyl (C=O) groups is 1. The van der Waals surface area contributed by atoms with E-state index in [1.807, 2.05) is 41.3 Å². The minimum Gasteiger partial charge on any atom is -0.477 e. The molecular formula is C17H15IN2O2. The number of fused-ring (bicyclic) bond motifs is 1. The molecule has 2 aromatic rings. The largest absolute Gasteiger partial charge is 0.477 e. The summed E-state index contributed by atoms with van der Waals surface area (Å²) in [5, 5.41) is 9.42. The standard InChI is InChI=1S/C17H15IN2O2/c1-2-11-7-9-12(10-8-11)20-14-6-4-3-5-13(14)19-15(16(20)18)17(21)22/h3-10,16H,2H2,1H3,(H,21,22). The summed E-state index contributed by atoms with van der Waals surface area (Å²) >= 11 is 2.13. The minimum atomic E-state index is -0.982. The summed E-state index contributed by atoms with van der Waals surface area (Å²) in [6, 6.07) is 15.8. The van der Waals surface area contributed by atoms with E-state index in [4.69, 9.17) is 0 Å². The zero-order chi connectivity index (χ0) is 15.7. The zero-order valence-electron chi connectivity index (χ0n) is 12.0. The summed E-state index contributed by atoms with van der Waals surface area (Å²) in [6.07, 6.45) is 0.979. The fourth-order valence-corrected chi connectivity index (χ4v) is 3.53.